The van der Waals surface area contributed by atoms with Gasteiger partial charge in [-0.1, -0.05) is 24.6 Å². The lowest BCUT2D eigenvalue weighted by Crippen LogP contribution is -2.42. The molecule has 2 aliphatic heterocycles. The third-order valence-electron chi connectivity index (χ3n) is 6.49. The Hall–Kier alpha value is -2.04. The standard InChI is InChI=1S/C21H24ClF3N4O2S/c1-21(15-5-4-9-28(15)2)8-10-29(12-21)14-11-13(23)20(19(25)18(14)22)32(30,31)27-17-7-3-6-16(24)26-17/h3,6-7,11,15H,4-5,8-10,12H2,1-2H3,(H,26,27)/t15-,21+/m1/s1. The molecule has 1 N–H and O–H groups in total. The van der Waals surface area contributed by atoms with Crippen molar-refractivity contribution in [1.29, 1.82) is 0 Å². The summed E-state index contributed by atoms with van der Waals surface area (Å²) in [6, 6.07) is 4.71. The number of aromatic nitrogens is 1. The zero-order chi connectivity index (χ0) is 23.3. The number of nitrogens with one attached hydrogen (secondary N) is 1. The van der Waals surface area contributed by atoms with Crippen LogP contribution in [0.15, 0.2) is 29.2 Å². The molecule has 6 nitrogen and oxygen atoms in total. The van der Waals surface area contributed by atoms with Crippen molar-refractivity contribution in [1.82, 2.24) is 9.88 Å². The van der Waals surface area contributed by atoms with Crippen LogP contribution in [0.4, 0.5) is 24.7 Å². The van der Waals surface area contributed by atoms with Crippen LogP contribution in [0.1, 0.15) is 26.2 Å². The fourth-order valence-electron chi connectivity index (χ4n) is 4.95. The van der Waals surface area contributed by atoms with Crippen LogP contribution in [0.3, 0.4) is 0 Å². The number of halogens is 4. The molecule has 0 amide bonds. The van der Waals surface area contributed by atoms with Gasteiger partial charge in [0.2, 0.25) is 5.95 Å². The maximum atomic E-state index is 15.1. The van der Waals surface area contributed by atoms with Gasteiger partial charge in [0, 0.05) is 30.6 Å². The van der Waals surface area contributed by atoms with E-state index in [2.05, 4.69) is 23.9 Å². The first-order valence-electron chi connectivity index (χ1n) is 10.3. The van der Waals surface area contributed by atoms with Gasteiger partial charge < -0.3 is 9.80 Å². The van der Waals surface area contributed by atoms with Gasteiger partial charge in [-0.3, -0.25) is 4.72 Å². The van der Waals surface area contributed by atoms with Crippen LogP contribution >= 0.6 is 11.6 Å². The van der Waals surface area contributed by atoms with Gasteiger partial charge in [-0.05, 0) is 45.0 Å². The molecule has 2 aromatic rings. The number of hydrogen-bond acceptors (Lipinski definition) is 5. The first kappa shape index (κ1) is 23.1. The normalized spacial score (nSPS) is 24.3. The molecule has 0 bridgehead atoms. The Balaban J connectivity index is 1.63. The molecule has 0 spiro atoms. The van der Waals surface area contributed by atoms with E-state index in [9.17, 15) is 17.2 Å². The zero-order valence-electron chi connectivity index (χ0n) is 17.7. The summed E-state index contributed by atoms with van der Waals surface area (Å²) in [5, 5.41) is -0.469. The van der Waals surface area contributed by atoms with Crippen molar-refractivity contribution in [3.05, 3.63) is 46.9 Å². The third kappa shape index (κ3) is 4.15. The molecule has 0 unspecified atom stereocenters. The molecule has 1 aromatic heterocycles. The summed E-state index contributed by atoms with van der Waals surface area (Å²) in [5.74, 6) is -4.01. The van der Waals surface area contributed by atoms with Crippen molar-refractivity contribution >= 4 is 33.1 Å². The quantitative estimate of drug-likeness (QED) is 0.503. The average Bonchev–Trinajstić information content (AvgIpc) is 3.31. The first-order valence-corrected chi connectivity index (χ1v) is 12.2. The molecule has 32 heavy (non-hydrogen) atoms. The second-order valence-electron chi connectivity index (χ2n) is 8.75. The van der Waals surface area contributed by atoms with Crippen molar-refractivity contribution in [2.75, 3.05) is 36.3 Å². The van der Waals surface area contributed by atoms with Gasteiger partial charge in [0.15, 0.2) is 10.7 Å². The lowest BCUT2D eigenvalue weighted by atomic mass is 9.80. The first-order chi connectivity index (χ1) is 15.0. The lowest BCUT2D eigenvalue weighted by Gasteiger charge is -2.36. The summed E-state index contributed by atoms with van der Waals surface area (Å²) in [6.45, 7) is 4.29. The molecule has 2 atom stereocenters. The van der Waals surface area contributed by atoms with E-state index >= 15 is 4.39 Å². The maximum Gasteiger partial charge on any atom is 0.268 e. The van der Waals surface area contributed by atoms with Crippen molar-refractivity contribution in [2.45, 2.75) is 37.1 Å². The van der Waals surface area contributed by atoms with E-state index in [0.717, 1.165) is 44.0 Å². The fraction of sp³-hybridized carbons (Fsp3) is 0.476. The van der Waals surface area contributed by atoms with Gasteiger partial charge in [0.25, 0.3) is 10.0 Å². The van der Waals surface area contributed by atoms with Crippen LogP contribution in [-0.2, 0) is 10.0 Å². The van der Waals surface area contributed by atoms with Crippen molar-refractivity contribution in [3.8, 4) is 0 Å². The minimum absolute atomic E-state index is 0.0725. The molecule has 0 saturated carbocycles. The molecular weight excluding hydrogens is 465 g/mol. The summed E-state index contributed by atoms with van der Waals surface area (Å²) >= 11 is 6.20. The minimum Gasteiger partial charge on any atom is -0.370 e. The summed E-state index contributed by atoms with van der Waals surface area (Å²) in [7, 11) is -2.65. The van der Waals surface area contributed by atoms with E-state index in [0.29, 0.717) is 19.1 Å². The topological polar surface area (TPSA) is 65.5 Å². The van der Waals surface area contributed by atoms with Crippen LogP contribution in [-0.4, -0.2) is 51.0 Å². The fourth-order valence-corrected chi connectivity index (χ4v) is 6.42. The SMILES string of the molecule is CN1CCC[C@@H]1[C@@]1(C)CCN(c2cc(F)c(S(=O)(=O)Nc3cccc(F)n3)c(F)c2Cl)C1. The highest BCUT2D eigenvalue weighted by Crippen LogP contribution is 2.44. The number of nitrogens with zero attached hydrogens (tertiary/aromatic N) is 3. The zero-order valence-corrected chi connectivity index (χ0v) is 19.3. The van der Waals surface area contributed by atoms with Crippen molar-refractivity contribution in [3.63, 3.8) is 0 Å². The van der Waals surface area contributed by atoms with Gasteiger partial charge in [0.1, 0.15) is 16.7 Å². The van der Waals surface area contributed by atoms with Crippen molar-refractivity contribution < 1.29 is 21.6 Å². The van der Waals surface area contributed by atoms with Gasteiger partial charge in [-0.2, -0.15) is 4.39 Å². The monoisotopic (exact) mass is 488 g/mol. The summed E-state index contributed by atoms with van der Waals surface area (Å²) in [6.07, 6.45) is 3.00. The average molecular weight is 489 g/mol. The number of pyridine rings is 1. The van der Waals surface area contributed by atoms with Crippen LogP contribution in [0.5, 0.6) is 0 Å². The highest BCUT2D eigenvalue weighted by molar-refractivity contribution is 7.92. The van der Waals surface area contributed by atoms with Crippen molar-refractivity contribution in [2.24, 2.45) is 5.41 Å². The summed E-state index contributed by atoms with van der Waals surface area (Å²) in [4.78, 5) is 6.25. The van der Waals surface area contributed by atoms with E-state index in [-0.39, 0.29) is 11.1 Å². The Morgan fingerprint density at radius 1 is 1.25 bits per heavy atom. The predicted molar refractivity (Wildman–Crippen MR) is 117 cm³/mol. The van der Waals surface area contributed by atoms with Gasteiger partial charge >= 0.3 is 0 Å². The van der Waals surface area contributed by atoms with E-state index < -0.39 is 43.3 Å². The second-order valence-corrected chi connectivity index (χ2v) is 10.7. The lowest BCUT2D eigenvalue weighted by molar-refractivity contribution is 0.153. The largest absolute Gasteiger partial charge is 0.370 e. The molecular formula is C21H24ClF3N4O2S. The molecule has 174 valence electrons. The van der Waals surface area contributed by atoms with Crippen LogP contribution in [0.2, 0.25) is 5.02 Å². The van der Waals surface area contributed by atoms with Gasteiger partial charge in [0.05, 0.1) is 5.69 Å². The number of rotatable bonds is 5. The molecule has 4 rings (SSSR count). The summed E-state index contributed by atoms with van der Waals surface area (Å²) in [5.41, 5.74) is 0.0468. The number of sulfonamides is 1. The molecule has 2 fully saturated rings. The summed E-state index contributed by atoms with van der Waals surface area (Å²) < 4.78 is 70.4. The minimum atomic E-state index is -4.74. The van der Waals surface area contributed by atoms with E-state index in [1.54, 1.807) is 4.90 Å². The number of likely N-dealkylation sites (tertiary alicyclic amines) is 1. The molecule has 0 radical (unpaired) electrons. The third-order valence-corrected chi connectivity index (χ3v) is 8.24. The molecule has 1 aromatic carbocycles. The van der Waals surface area contributed by atoms with Gasteiger partial charge in [-0.15, -0.1) is 0 Å². The molecule has 0 aliphatic carbocycles. The molecule has 2 aliphatic rings. The number of benzene rings is 1. The number of hydrogen-bond donors (Lipinski definition) is 1. The van der Waals surface area contributed by atoms with Crippen LogP contribution < -0.4 is 9.62 Å². The molecule has 2 saturated heterocycles. The van der Waals surface area contributed by atoms with Crippen LogP contribution in [0, 0.1) is 23.0 Å². The van der Waals surface area contributed by atoms with E-state index in [1.165, 1.54) is 6.07 Å². The molecule has 3 heterocycles. The Bertz CT molecular complexity index is 1150. The van der Waals surface area contributed by atoms with Gasteiger partial charge in [-0.25, -0.2) is 22.2 Å². The second kappa shape index (κ2) is 8.39. The van der Waals surface area contributed by atoms with Crippen LogP contribution in [0.25, 0.3) is 0 Å². The highest BCUT2D eigenvalue weighted by Gasteiger charge is 2.44. The predicted octanol–water partition coefficient (Wildman–Crippen LogP) is 4.26. The smallest absolute Gasteiger partial charge is 0.268 e. The number of anilines is 2. The van der Waals surface area contributed by atoms with E-state index in [4.69, 9.17) is 11.6 Å². The Kier molecular flexibility index (Phi) is 6.06. The highest BCUT2D eigenvalue weighted by atomic mass is 35.5. The Morgan fingerprint density at radius 2 is 2.00 bits per heavy atom. The van der Waals surface area contributed by atoms with E-state index in [1.807, 2.05) is 4.72 Å². The Morgan fingerprint density at radius 3 is 2.66 bits per heavy atom. The molecule has 11 heteroatoms. The Labute approximate surface area is 190 Å². The maximum absolute atomic E-state index is 15.1.